The van der Waals surface area contributed by atoms with Crippen LogP contribution in [0.15, 0.2) is 53.5 Å². The summed E-state index contributed by atoms with van der Waals surface area (Å²) in [4.78, 5) is 27.0. The van der Waals surface area contributed by atoms with E-state index in [0.29, 0.717) is 0 Å². The van der Waals surface area contributed by atoms with Crippen LogP contribution in [0.2, 0.25) is 0 Å². The summed E-state index contributed by atoms with van der Waals surface area (Å²) >= 11 is 0. The van der Waals surface area contributed by atoms with Crippen molar-refractivity contribution < 1.29 is 0 Å². The van der Waals surface area contributed by atoms with Gasteiger partial charge in [-0.3, -0.25) is 14.7 Å². The number of rotatable bonds is 3. The van der Waals surface area contributed by atoms with Gasteiger partial charge in [0.2, 0.25) is 0 Å². The first-order valence-electron chi connectivity index (χ1n) is 10.5. The summed E-state index contributed by atoms with van der Waals surface area (Å²) in [5, 5.41) is 0. The van der Waals surface area contributed by atoms with Crippen LogP contribution in [-0.2, 0) is 18.4 Å². The van der Waals surface area contributed by atoms with Gasteiger partial charge in [0.05, 0.1) is 11.4 Å². The van der Waals surface area contributed by atoms with Crippen LogP contribution in [-0.4, -0.2) is 32.9 Å². The quantitative estimate of drug-likeness (QED) is 0.747. The predicted molar refractivity (Wildman–Crippen MR) is 114 cm³/mol. The van der Waals surface area contributed by atoms with Gasteiger partial charge in [0.15, 0.2) is 0 Å². The Balaban J connectivity index is 1.35. The summed E-state index contributed by atoms with van der Waals surface area (Å²) in [6.45, 7) is 4.90. The monoisotopic (exact) mass is 386 g/mol. The van der Waals surface area contributed by atoms with Crippen molar-refractivity contribution in [3.63, 3.8) is 0 Å². The molecule has 0 bridgehead atoms. The minimum absolute atomic E-state index is 0.0422. The molecule has 29 heavy (non-hydrogen) atoms. The highest BCUT2D eigenvalue weighted by Gasteiger charge is 2.44. The van der Waals surface area contributed by atoms with Gasteiger partial charge in [-0.2, -0.15) is 0 Å². The fourth-order valence-electron chi connectivity index (χ4n) is 5.10. The van der Waals surface area contributed by atoms with E-state index in [0.717, 1.165) is 73.7 Å². The summed E-state index contributed by atoms with van der Waals surface area (Å²) in [6, 6.07) is 14.7. The molecule has 1 aliphatic heterocycles. The normalized spacial score (nSPS) is 21.4. The number of H-pyrrole nitrogens is 1. The average Bonchev–Trinajstić information content (AvgIpc) is 3.07. The lowest BCUT2D eigenvalue weighted by molar-refractivity contribution is 0.136. The number of hydrogen-bond donors (Lipinski definition) is 1. The van der Waals surface area contributed by atoms with E-state index in [2.05, 4.69) is 39.1 Å². The van der Waals surface area contributed by atoms with Crippen molar-refractivity contribution in [1.29, 1.82) is 0 Å². The van der Waals surface area contributed by atoms with Gasteiger partial charge < -0.3 is 4.98 Å². The Morgan fingerprint density at radius 3 is 2.79 bits per heavy atom. The van der Waals surface area contributed by atoms with Gasteiger partial charge in [-0.15, -0.1) is 0 Å². The molecule has 1 unspecified atom stereocenters. The zero-order valence-electron chi connectivity index (χ0n) is 16.8. The molecule has 1 spiro atoms. The second-order valence-electron chi connectivity index (χ2n) is 8.48. The van der Waals surface area contributed by atoms with E-state index in [1.807, 2.05) is 31.3 Å². The van der Waals surface area contributed by atoms with E-state index in [4.69, 9.17) is 4.98 Å². The first kappa shape index (κ1) is 18.3. The maximum Gasteiger partial charge on any atom is 0.254 e. The molecule has 1 saturated heterocycles. The highest BCUT2D eigenvalue weighted by Crippen LogP contribution is 2.43. The van der Waals surface area contributed by atoms with Crippen molar-refractivity contribution in [3.8, 4) is 11.3 Å². The predicted octanol–water partition coefficient (Wildman–Crippen LogP) is 3.62. The molecular weight excluding hydrogens is 360 g/mol. The minimum Gasteiger partial charge on any atom is -0.311 e. The van der Waals surface area contributed by atoms with Gasteiger partial charge in [0.1, 0.15) is 5.82 Å². The van der Waals surface area contributed by atoms with E-state index >= 15 is 0 Å². The molecule has 0 saturated carbocycles. The van der Waals surface area contributed by atoms with Gasteiger partial charge in [-0.05, 0) is 56.8 Å². The van der Waals surface area contributed by atoms with Crippen LogP contribution in [0.4, 0.5) is 0 Å². The summed E-state index contributed by atoms with van der Waals surface area (Å²) in [5.41, 5.74) is 5.55. The summed E-state index contributed by atoms with van der Waals surface area (Å²) < 4.78 is 0. The molecule has 0 amide bonds. The van der Waals surface area contributed by atoms with Crippen molar-refractivity contribution in [3.05, 3.63) is 81.7 Å². The number of aromatic amines is 1. The van der Waals surface area contributed by atoms with Crippen molar-refractivity contribution in [2.75, 3.05) is 13.1 Å². The number of nitrogens with one attached hydrogen (secondary N) is 1. The lowest BCUT2D eigenvalue weighted by atomic mass is 9.77. The van der Waals surface area contributed by atoms with Gasteiger partial charge >= 0.3 is 0 Å². The molecule has 3 heterocycles. The number of nitrogens with zero attached hydrogens (tertiary/aromatic N) is 3. The van der Waals surface area contributed by atoms with Crippen LogP contribution in [0, 0.1) is 6.92 Å². The molecular formula is C24H26N4O. The van der Waals surface area contributed by atoms with Crippen LogP contribution in [0.1, 0.15) is 41.9 Å². The number of aromatic nitrogens is 3. The molecule has 3 aromatic rings. The minimum atomic E-state index is 0.0422. The standard InChI is InChI=1S/C24H26N4O/c1-17-26-22-20(23(29)27-17)10-12-24(22)11-4-14-28(16-24)15-18-6-8-19(9-7-18)21-5-2-3-13-25-21/h2-3,5-9,13H,4,10-12,14-16H2,1H3,(H,26,27,29). The van der Waals surface area contributed by atoms with Crippen molar-refractivity contribution in [1.82, 2.24) is 19.9 Å². The number of hydrogen-bond acceptors (Lipinski definition) is 4. The molecule has 1 aromatic carbocycles. The molecule has 2 aliphatic rings. The number of benzene rings is 1. The number of fused-ring (bicyclic) bond motifs is 2. The Hall–Kier alpha value is -2.79. The fraction of sp³-hybridized carbons (Fsp3) is 0.375. The highest BCUT2D eigenvalue weighted by molar-refractivity contribution is 5.59. The van der Waals surface area contributed by atoms with E-state index in [-0.39, 0.29) is 11.0 Å². The number of likely N-dealkylation sites (tertiary alicyclic amines) is 1. The van der Waals surface area contributed by atoms with E-state index in [9.17, 15) is 4.79 Å². The molecule has 5 rings (SSSR count). The van der Waals surface area contributed by atoms with Crippen LogP contribution in [0.3, 0.4) is 0 Å². The van der Waals surface area contributed by atoms with Gasteiger partial charge in [0, 0.05) is 35.8 Å². The molecule has 1 atom stereocenters. The maximum absolute atomic E-state index is 12.4. The Kier molecular flexibility index (Phi) is 4.55. The first-order valence-corrected chi connectivity index (χ1v) is 10.5. The Morgan fingerprint density at radius 1 is 1.14 bits per heavy atom. The molecule has 2 aromatic heterocycles. The van der Waals surface area contributed by atoms with Crippen LogP contribution in [0.25, 0.3) is 11.3 Å². The smallest absolute Gasteiger partial charge is 0.254 e. The molecule has 5 heteroatoms. The lowest BCUT2D eigenvalue weighted by Gasteiger charge is -2.40. The zero-order valence-corrected chi connectivity index (χ0v) is 16.8. The number of pyridine rings is 1. The van der Waals surface area contributed by atoms with Crippen LogP contribution >= 0.6 is 0 Å². The summed E-state index contributed by atoms with van der Waals surface area (Å²) in [5.74, 6) is 0.734. The third-order valence-electron chi connectivity index (χ3n) is 6.47. The first-order chi connectivity index (χ1) is 14.1. The fourth-order valence-corrected chi connectivity index (χ4v) is 5.10. The van der Waals surface area contributed by atoms with Crippen LogP contribution in [0.5, 0.6) is 0 Å². The maximum atomic E-state index is 12.4. The van der Waals surface area contributed by atoms with E-state index in [1.54, 1.807) is 0 Å². The van der Waals surface area contributed by atoms with Crippen molar-refractivity contribution >= 4 is 0 Å². The third-order valence-corrected chi connectivity index (χ3v) is 6.47. The van der Waals surface area contributed by atoms with Gasteiger partial charge in [0.25, 0.3) is 5.56 Å². The van der Waals surface area contributed by atoms with Crippen LogP contribution < -0.4 is 5.56 Å². The summed E-state index contributed by atoms with van der Waals surface area (Å²) in [7, 11) is 0. The molecule has 148 valence electrons. The van der Waals surface area contributed by atoms with E-state index < -0.39 is 0 Å². The SMILES string of the molecule is Cc1nc2c(c(=O)[nH]1)CCC21CCCN(Cc2ccc(-c3ccccn3)cc2)C1. The molecule has 1 aliphatic carbocycles. The summed E-state index contributed by atoms with van der Waals surface area (Å²) in [6.07, 6.45) is 6.00. The number of piperidine rings is 1. The Labute approximate surface area is 170 Å². The topological polar surface area (TPSA) is 61.9 Å². The molecule has 1 fully saturated rings. The largest absolute Gasteiger partial charge is 0.311 e. The Morgan fingerprint density at radius 2 is 2.00 bits per heavy atom. The Bertz CT molecular complexity index is 1070. The van der Waals surface area contributed by atoms with Crippen molar-refractivity contribution in [2.24, 2.45) is 0 Å². The highest BCUT2D eigenvalue weighted by atomic mass is 16.1. The molecule has 1 N–H and O–H groups in total. The second kappa shape index (κ2) is 7.23. The average molecular weight is 386 g/mol. The third kappa shape index (κ3) is 3.40. The number of aryl methyl sites for hydroxylation is 1. The second-order valence-corrected chi connectivity index (χ2v) is 8.48. The molecule has 0 radical (unpaired) electrons. The van der Waals surface area contributed by atoms with Gasteiger partial charge in [-0.25, -0.2) is 4.98 Å². The van der Waals surface area contributed by atoms with Gasteiger partial charge in [-0.1, -0.05) is 30.3 Å². The van der Waals surface area contributed by atoms with E-state index in [1.165, 1.54) is 5.56 Å². The van der Waals surface area contributed by atoms with Crippen molar-refractivity contribution in [2.45, 2.75) is 44.6 Å². The molecule has 5 nitrogen and oxygen atoms in total. The lowest BCUT2D eigenvalue weighted by Crippen LogP contribution is -2.45. The zero-order chi connectivity index (χ0) is 19.8.